The monoisotopic (exact) mass is 351 g/mol. The van der Waals surface area contributed by atoms with E-state index < -0.39 is 6.72 Å². The molecular weight excluding hydrogens is 331 g/mol. The molecule has 4 nitrogen and oxygen atoms in total. The van der Waals surface area contributed by atoms with Crippen LogP contribution in [0.2, 0.25) is 0 Å². The van der Waals surface area contributed by atoms with Crippen LogP contribution >= 0.6 is 6.72 Å². The maximum atomic E-state index is 11.9. The molecule has 124 valence electrons. The van der Waals surface area contributed by atoms with E-state index in [4.69, 9.17) is 26.0 Å². The van der Waals surface area contributed by atoms with E-state index in [1.54, 1.807) is 13.8 Å². The topological polar surface area (TPSA) is 61.8 Å². The third-order valence-corrected chi connectivity index (χ3v) is 4.85. The van der Waals surface area contributed by atoms with Crippen LogP contribution in [0.3, 0.4) is 0 Å². The number of hydrogen-bond acceptors (Lipinski definition) is 5. The van der Waals surface area contributed by atoms with Crippen molar-refractivity contribution in [1.29, 1.82) is 0 Å². The lowest BCUT2D eigenvalue weighted by Crippen LogP contribution is -2.12. The second kappa shape index (κ2) is 8.15. The predicted octanol–water partition coefficient (Wildman–Crippen LogP) is 3.37. The number of aliphatic hydroxyl groups is 1. The van der Waals surface area contributed by atoms with Gasteiger partial charge in [-0.3, -0.25) is 0 Å². The lowest BCUT2D eigenvalue weighted by atomic mass is 10.0. The van der Waals surface area contributed by atoms with E-state index in [1.165, 1.54) is 0 Å². The van der Waals surface area contributed by atoms with E-state index in [0.29, 0.717) is 0 Å². The van der Waals surface area contributed by atoms with Crippen LogP contribution in [0, 0.1) is 0 Å². The van der Waals surface area contributed by atoms with Gasteiger partial charge in [0.25, 0.3) is 0 Å². The normalized spacial score (nSPS) is 14.0. The van der Waals surface area contributed by atoms with E-state index in [0.717, 1.165) is 22.3 Å². The van der Waals surface area contributed by atoms with E-state index in [1.807, 2.05) is 48.5 Å². The van der Waals surface area contributed by atoms with Crippen LogP contribution in [0.4, 0.5) is 0 Å². The van der Waals surface area contributed by atoms with Crippen LogP contribution in [0.15, 0.2) is 48.5 Å². The summed E-state index contributed by atoms with van der Waals surface area (Å²) in [6, 6.07) is 15.4. The molecule has 1 N–H and O–H groups in total. The molecule has 1 atom stereocenters. The highest BCUT2D eigenvalue weighted by Gasteiger charge is 2.07. The Hall–Kier alpha value is -1.07. The molecule has 0 aromatic heterocycles. The molecule has 6 heteroatoms. The first kappa shape index (κ1) is 18.3. The Kier molecular flexibility index (Phi) is 6.48. The van der Waals surface area contributed by atoms with Gasteiger partial charge in [0.1, 0.15) is 6.72 Å². The van der Waals surface area contributed by atoms with Crippen molar-refractivity contribution < 1.29 is 19.0 Å². The Morgan fingerprint density at radius 3 is 1.91 bits per heavy atom. The second-order valence-corrected chi connectivity index (χ2v) is 8.13. The molecular formula is C17H20O4PS-. The van der Waals surface area contributed by atoms with Crippen LogP contribution in [0.25, 0.3) is 11.1 Å². The Bertz CT molecular complexity index is 668. The Morgan fingerprint density at radius 1 is 1.00 bits per heavy atom. The van der Waals surface area contributed by atoms with Crippen molar-refractivity contribution in [3.63, 3.8) is 0 Å². The molecule has 2 rings (SSSR count). The third-order valence-electron chi connectivity index (χ3n) is 3.15. The third kappa shape index (κ3) is 5.81. The molecule has 0 fully saturated rings. The van der Waals surface area contributed by atoms with Crippen LogP contribution in [0.1, 0.15) is 25.0 Å². The quantitative estimate of drug-likeness (QED) is 0.775. The van der Waals surface area contributed by atoms with Crippen molar-refractivity contribution in [2.45, 2.75) is 33.2 Å². The minimum Gasteiger partial charge on any atom is -0.780 e. The van der Waals surface area contributed by atoms with E-state index in [-0.39, 0.29) is 19.3 Å². The Labute approximate surface area is 142 Å². The summed E-state index contributed by atoms with van der Waals surface area (Å²) in [5.41, 5.74) is 3.87. The zero-order chi connectivity index (χ0) is 16.9. The van der Waals surface area contributed by atoms with Gasteiger partial charge in [0.2, 0.25) is 0 Å². The standard InChI is InChI=1S/C17H21O4PS/c1-13(2)21-22(19,23)20-12-15-5-9-17(10-6-15)16-7-3-14(11-18)4-8-16/h3-10,13,18H,11-12H2,1-2H3,(H,19,23)/p-1. The lowest BCUT2D eigenvalue weighted by Gasteiger charge is -2.29. The average molecular weight is 351 g/mol. The first-order valence-electron chi connectivity index (χ1n) is 7.33. The van der Waals surface area contributed by atoms with Gasteiger partial charge < -0.3 is 19.0 Å². The molecule has 0 spiro atoms. The fraction of sp³-hybridized carbons (Fsp3) is 0.294. The van der Waals surface area contributed by atoms with Gasteiger partial charge in [0.05, 0.1) is 19.3 Å². The fourth-order valence-electron chi connectivity index (χ4n) is 2.04. The van der Waals surface area contributed by atoms with Crippen molar-refractivity contribution in [3.8, 4) is 11.1 Å². The molecule has 2 aromatic rings. The highest BCUT2D eigenvalue weighted by molar-refractivity contribution is 8.06. The van der Waals surface area contributed by atoms with E-state index in [2.05, 4.69) is 0 Å². The average Bonchev–Trinajstić information content (AvgIpc) is 2.52. The Balaban J connectivity index is 2.00. The van der Waals surface area contributed by atoms with Gasteiger partial charge in [-0.25, -0.2) is 0 Å². The molecule has 0 amide bonds. The maximum Gasteiger partial charge on any atom is 0.116 e. The summed E-state index contributed by atoms with van der Waals surface area (Å²) in [5, 5.41) is 9.06. The fourth-order valence-corrected chi connectivity index (χ4v) is 3.60. The van der Waals surface area contributed by atoms with Gasteiger partial charge in [-0.2, -0.15) is 0 Å². The number of hydrogen-bond donors (Lipinski definition) is 1. The zero-order valence-corrected chi connectivity index (χ0v) is 14.8. The van der Waals surface area contributed by atoms with Gasteiger partial charge in [0.15, 0.2) is 0 Å². The summed E-state index contributed by atoms with van der Waals surface area (Å²) in [7, 11) is 0. The molecule has 0 heterocycles. The van der Waals surface area contributed by atoms with Gasteiger partial charge in [0, 0.05) is 0 Å². The van der Waals surface area contributed by atoms with Crippen LogP contribution < -0.4 is 4.89 Å². The van der Waals surface area contributed by atoms with E-state index >= 15 is 0 Å². The van der Waals surface area contributed by atoms with Crippen molar-refractivity contribution in [3.05, 3.63) is 59.7 Å². The molecule has 1 unspecified atom stereocenters. The molecule has 0 aliphatic carbocycles. The highest BCUT2D eigenvalue weighted by atomic mass is 32.5. The molecule has 0 aliphatic heterocycles. The number of aliphatic hydroxyl groups excluding tert-OH is 1. The SMILES string of the molecule is CC(C)OP([O-])(=S)OCc1ccc(-c2ccc(CO)cc2)cc1. The van der Waals surface area contributed by atoms with Crippen LogP contribution in [-0.4, -0.2) is 11.2 Å². The van der Waals surface area contributed by atoms with Crippen LogP contribution in [0.5, 0.6) is 0 Å². The number of rotatable bonds is 7. The highest BCUT2D eigenvalue weighted by Crippen LogP contribution is 2.41. The van der Waals surface area contributed by atoms with Crippen molar-refractivity contribution in [2.24, 2.45) is 0 Å². The summed E-state index contributed by atoms with van der Waals surface area (Å²) < 4.78 is 10.3. The molecule has 0 radical (unpaired) electrons. The molecule has 0 bridgehead atoms. The van der Waals surface area contributed by atoms with E-state index in [9.17, 15) is 4.89 Å². The first-order valence-corrected chi connectivity index (χ1v) is 9.88. The summed E-state index contributed by atoms with van der Waals surface area (Å²) in [5.74, 6) is 0. The first-order chi connectivity index (χ1) is 10.9. The summed E-state index contributed by atoms with van der Waals surface area (Å²) in [4.78, 5) is 11.9. The van der Waals surface area contributed by atoms with Crippen LogP contribution in [-0.2, 0) is 34.1 Å². The minimum atomic E-state index is -3.43. The summed E-state index contributed by atoms with van der Waals surface area (Å²) in [6.07, 6.45) is -0.234. The minimum absolute atomic E-state index is 0.0378. The lowest BCUT2D eigenvalue weighted by molar-refractivity contribution is -0.210. The molecule has 0 saturated heterocycles. The van der Waals surface area contributed by atoms with Gasteiger partial charge in [-0.05, 0) is 36.1 Å². The van der Waals surface area contributed by atoms with Crippen molar-refractivity contribution in [2.75, 3.05) is 0 Å². The molecule has 0 saturated carbocycles. The van der Waals surface area contributed by atoms with Crippen molar-refractivity contribution >= 4 is 18.5 Å². The largest absolute Gasteiger partial charge is 0.780 e. The van der Waals surface area contributed by atoms with Gasteiger partial charge >= 0.3 is 0 Å². The molecule has 0 aliphatic rings. The molecule has 23 heavy (non-hydrogen) atoms. The van der Waals surface area contributed by atoms with Crippen molar-refractivity contribution in [1.82, 2.24) is 0 Å². The Morgan fingerprint density at radius 2 is 1.48 bits per heavy atom. The second-order valence-electron chi connectivity index (χ2n) is 5.43. The predicted molar refractivity (Wildman–Crippen MR) is 93.1 cm³/mol. The maximum absolute atomic E-state index is 11.9. The zero-order valence-electron chi connectivity index (χ0n) is 13.1. The smallest absolute Gasteiger partial charge is 0.116 e. The van der Waals surface area contributed by atoms with Gasteiger partial charge in [-0.1, -0.05) is 60.3 Å². The molecule has 2 aromatic carbocycles. The van der Waals surface area contributed by atoms with Gasteiger partial charge in [-0.15, -0.1) is 0 Å². The summed E-state index contributed by atoms with van der Waals surface area (Å²) in [6.45, 7) is 0.281. The number of benzene rings is 2. The summed E-state index contributed by atoms with van der Waals surface area (Å²) >= 11 is 4.84.